The van der Waals surface area contributed by atoms with Gasteiger partial charge in [0.1, 0.15) is 5.69 Å². The molecule has 0 radical (unpaired) electrons. The Hall–Kier alpha value is -0.550. The van der Waals surface area contributed by atoms with Gasteiger partial charge >= 0.3 is 0 Å². The highest BCUT2D eigenvalue weighted by Crippen LogP contribution is 2.31. The lowest BCUT2D eigenvalue weighted by Crippen LogP contribution is -2.68. The van der Waals surface area contributed by atoms with Crippen molar-refractivity contribution in [3.8, 4) is 0 Å². The van der Waals surface area contributed by atoms with Crippen LogP contribution in [-0.2, 0) is 6.54 Å². The highest BCUT2D eigenvalue weighted by molar-refractivity contribution is 7.13. The molecule has 1 unspecified atom stereocenters. The summed E-state index contributed by atoms with van der Waals surface area (Å²) in [5.41, 5.74) is 2.47. The zero-order chi connectivity index (χ0) is 12.3. The lowest BCUT2D eigenvalue weighted by atomic mass is 10.0. The van der Waals surface area contributed by atoms with Crippen molar-refractivity contribution < 1.29 is 4.79 Å². The van der Waals surface area contributed by atoms with Crippen molar-refractivity contribution in [2.45, 2.75) is 18.6 Å². The third-order valence-electron chi connectivity index (χ3n) is 4.16. The first kappa shape index (κ1) is 11.3. The Kier molecular flexibility index (Phi) is 2.49. The Morgan fingerprint density at radius 1 is 1.28 bits per heavy atom. The minimum Gasteiger partial charge on any atom is -0.326 e. The Morgan fingerprint density at radius 3 is 2.72 bits per heavy atom. The Balaban J connectivity index is 1.37. The summed E-state index contributed by atoms with van der Waals surface area (Å²) in [6.07, 6.45) is 0. The van der Waals surface area contributed by atoms with E-state index in [-0.39, 0.29) is 5.91 Å². The zero-order valence-corrected chi connectivity index (χ0v) is 11.9. The Morgan fingerprint density at radius 2 is 2.06 bits per heavy atom. The minimum atomic E-state index is 0.136. The molecule has 0 spiro atoms. The number of hydrogen-bond acceptors (Lipinski definition) is 5. The van der Waals surface area contributed by atoms with Crippen LogP contribution in [0.1, 0.15) is 15.4 Å². The quantitative estimate of drug-likeness (QED) is 0.729. The molecule has 1 aromatic rings. The maximum absolute atomic E-state index is 12.1. The normalized spacial score (nSPS) is 26.3. The second-order valence-corrected chi connectivity index (χ2v) is 6.94. The number of fused-ring (bicyclic) bond motifs is 1. The summed E-state index contributed by atoms with van der Waals surface area (Å²) in [5.74, 6) is 0.136. The molecule has 0 aromatic carbocycles. The van der Waals surface area contributed by atoms with Gasteiger partial charge in [-0.15, -0.1) is 11.3 Å². The van der Waals surface area contributed by atoms with Crippen molar-refractivity contribution >= 4 is 26.6 Å². The molecule has 3 aliphatic heterocycles. The van der Waals surface area contributed by atoms with Crippen LogP contribution in [0.5, 0.6) is 0 Å². The summed E-state index contributed by atoms with van der Waals surface area (Å²) in [6, 6.07) is 1.10. The fourth-order valence-electron chi connectivity index (χ4n) is 2.92. The molecular formula is C11H15N4OPS. The predicted molar refractivity (Wildman–Crippen MR) is 72.4 cm³/mol. The van der Waals surface area contributed by atoms with Crippen molar-refractivity contribution in [3.63, 3.8) is 0 Å². The van der Waals surface area contributed by atoms with Crippen molar-refractivity contribution in [2.24, 2.45) is 0 Å². The fourth-order valence-corrected chi connectivity index (χ4v) is 4.15. The number of nitrogens with zero attached hydrogens (tertiary/aromatic N) is 4. The topological polar surface area (TPSA) is 39.7 Å². The average molecular weight is 282 g/mol. The molecule has 1 amide bonds. The highest BCUT2D eigenvalue weighted by Gasteiger charge is 2.44. The Bertz CT molecular complexity index is 495. The van der Waals surface area contributed by atoms with Crippen LogP contribution >= 0.6 is 20.7 Å². The monoisotopic (exact) mass is 282 g/mol. The van der Waals surface area contributed by atoms with Gasteiger partial charge in [-0.25, -0.2) is 4.98 Å². The van der Waals surface area contributed by atoms with Gasteiger partial charge in [-0.2, -0.15) is 0 Å². The van der Waals surface area contributed by atoms with Crippen molar-refractivity contribution in [3.05, 3.63) is 16.1 Å². The number of rotatable bonds is 2. The molecule has 4 rings (SSSR count). The largest absolute Gasteiger partial charge is 0.326 e. The molecule has 0 bridgehead atoms. The fraction of sp³-hybridized carbons (Fsp3) is 0.636. The van der Waals surface area contributed by atoms with Crippen LogP contribution < -0.4 is 0 Å². The molecule has 4 heterocycles. The van der Waals surface area contributed by atoms with Gasteiger partial charge in [-0.3, -0.25) is 14.4 Å². The molecule has 1 atom stereocenters. The molecule has 0 N–H and O–H groups in total. The standard InChI is InChI=1S/C11H15N4OPS/c16-11-10-9(18-6-12-10)5-15(11)8-1-13(2-8)7-3-14(17)4-7/h6-8H,1-5,17H2. The third-order valence-corrected chi connectivity index (χ3v) is 5.40. The van der Waals surface area contributed by atoms with Gasteiger partial charge in [0.25, 0.3) is 5.91 Å². The van der Waals surface area contributed by atoms with Gasteiger partial charge in [-0.1, -0.05) is 9.39 Å². The summed E-state index contributed by atoms with van der Waals surface area (Å²) in [6.45, 7) is 5.12. The van der Waals surface area contributed by atoms with Crippen LogP contribution in [0.3, 0.4) is 0 Å². The average Bonchev–Trinajstić information content (AvgIpc) is 2.79. The number of carbonyl (C=O) groups is 1. The van der Waals surface area contributed by atoms with E-state index >= 15 is 0 Å². The second-order valence-electron chi connectivity index (χ2n) is 5.27. The molecule has 0 aliphatic carbocycles. The number of aromatic nitrogens is 1. The molecule has 2 saturated heterocycles. The first-order chi connectivity index (χ1) is 8.72. The van der Waals surface area contributed by atoms with E-state index in [0.717, 1.165) is 37.6 Å². The number of hydrogen-bond donors (Lipinski definition) is 0. The van der Waals surface area contributed by atoms with Crippen molar-refractivity contribution in [1.82, 2.24) is 19.5 Å². The maximum Gasteiger partial charge on any atom is 0.274 e. The number of likely N-dealkylation sites (tertiary alicyclic amines) is 1. The van der Waals surface area contributed by atoms with Crippen molar-refractivity contribution in [1.29, 1.82) is 0 Å². The molecule has 7 heteroatoms. The lowest BCUT2D eigenvalue weighted by Gasteiger charge is -2.52. The summed E-state index contributed by atoms with van der Waals surface area (Å²) < 4.78 is 2.25. The lowest BCUT2D eigenvalue weighted by molar-refractivity contribution is -0.0209. The molecule has 5 nitrogen and oxygen atoms in total. The van der Waals surface area contributed by atoms with E-state index in [1.807, 2.05) is 4.90 Å². The molecular weight excluding hydrogens is 267 g/mol. The van der Waals surface area contributed by atoms with Crippen LogP contribution in [0.25, 0.3) is 0 Å². The number of carbonyl (C=O) groups excluding carboxylic acids is 1. The number of amides is 1. The van der Waals surface area contributed by atoms with E-state index in [4.69, 9.17) is 0 Å². The van der Waals surface area contributed by atoms with E-state index in [1.165, 1.54) is 0 Å². The van der Waals surface area contributed by atoms with E-state index in [1.54, 1.807) is 16.8 Å². The molecule has 96 valence electrons. The SMILES string of the molecule is O=C1c2ncsc2CN1C1CN(C2CN(P)C2)C1. The Labute approximate surface area is 112 Å². The van der Waals surface area contributed by atoms with Gasteiger partial charge in [-0.05, 0) is 0 Å². The molecule has 3 aliphatic rings. The minimum absolute atomic E-state index is 0.136. The van der Waals surface area contributed by atoms with E-state index in [2.05, 4.69) is 23.9 Å². The summed E-state index contributed by atoms with van der Waals surface area (Å²) in [4.78, 5) is 21.9. The third kappa shape index (κ3) is 1.56. The predicted octanol–water partition coefficient (Wildman–Crippen LogP) is 0.257. The molecule has 2 fully saturated rings. The highest BCUT2D eigenvalue weighted by atomic mass is 32.1. The summed E-state index contributed by atoms with van der Waals surface area (Å²) >= 11 is 1.60. The van der Waals surface area contributed by atoms with Crippen LogP contribution in [0.2, 0.25) is 0 Å². The molecule has 0 saturated carbocycles. The molecule has 1 aromatic heterocycles. The summed E-state index contributed by atoms with van der Waals surface area (Å²) in [5, 5.41) is 0. The maximum atomic E-state index is 12.1. The first-order valence-corrected chi connectivity index (χ1v) is 7.59. The van der Waals surface area contributed by atoms with Crippen LogP contribution in [0, 0.1) is 0 Å². The van der Waals surface area contributed by atoms with Gasteiger partial charge < -0.3 is 4.90 Å². The smallest absolute Gasteiger partial charge is 0.274 e. The van der Waals surface area contributed by atoms with Gasteiger partial charge in [0, 0.05) is 32.2 Å². The van der Waals surface area contributed by atoms with Crippen LogP contribution in [0.4, 0.5) is 0 Å². The van der Waals surface area contributed by atoms with Gasteiger partial charge in [0.05, 0.1) is 23.0 Å². The van der Waals surface area contributed by atoms with E-state index in [9.17, 15) is 4.79 Å². The van der Waals surface area contributed by atoms with Crippen LogP contribution in [0.15, 0.2) is 5.51 Å². The zero-order valence-electron chi connectivity index (χ0n) is 9.95. The summed E-state index contributed by atoms with van der Waals surface area (Å²) in [7, 11) is 2.74. The second kappa shape index (κ2) is 3.97. The van der Waals surface area contributed by atoms with Gasteiger partial charge in [0.2, 0.25) is 0 Å². The number of thiazole rings is 1. The first-order valence-electron chi connectivity index (χ1n) is 6.19. The van der Waals surface area contributed by atoms with Gasteiger partial charge in [0.15, 0.2) is 0 Å². The van der Waals surface area contributed by atoms with E-state index in [0.29, 0.717) is 17.8 Å². The van der Waals surface area contributed by atoms with Crippen LogP contribution in [-0.4, -0.2) is 63.6 Å². The molecule has 18 heavy (non-hydrogen) atoms. The van der Waals surface area contributed by atoms with E-state index < -0.39 is 0 Å². The van der Waals surface area contributed by atoms with Crippen molar-refractivity contribution in [2.75, 3.05) is 26.2 Å².